The van der Waals surface area contributed by atoms with E-state index in [1.54, 1.807) is 24.6 Å². The summed E-state index contributed by atoms with van der Waals surface area (Å²) in [5.74, 6) is 0.339. The van der Waals surface area contributed by atoms with Crippen molar-refractivity contribution in [2.75, 3.05) is 39.5 Å². The molecular weight excluding hydrogens is 456 g/mol. The summed E-state index contributed by atoms with van der Waals surface area (Å²) < 4.78 is 16.4. The molecule has 5 rings (SSSR count). The molecule has 0 saturated carbocycles. The number of allylic oxidation sites excluding steroid dienone is 1. The van der Waals surface area contributed by atoms with Crippen LogP contribution in [0.1, 0.15) is 34.7 Å². The van der Waals surface area contributed by atoms with E-state index in [1.807, 2.05) is 12.1 Å². The molecule has 10 heteroatoms. The number of rotatable bonds is 7. The third-order valence-corrected chi connectivity index (χ3v) is 7.26. The third kappa shape index (κ3) is 5.35. The molecule has 0 aliphatic carbocycles. The zero-order valence-corrected chi connectivity index (χ0v) is 19.6. The Labute approximate surface area is 202 Å². The molecule has 34 heavy (non-hydrogen) atoms. The molecule has 2 fully saturated rings. The second kappa shape index (κ2) is 10.7. The van der Waals surface area contributed by atoms with Crippen molar-refractivity contribution in [1.82, 2.24) is 20.5 Å². The largest absolute Gasteiger partial charge is 0.463 e. The van der Waals surface area contributed by atoms with Crippen LogP contribution in [0.4, 0.5) is 0 Å². The fraction of sp³-hybridized carbons (Fsp3) is 0.458. The second-order valence-electron chi connectivity index (χ2n) is 8.47. The highest BCUT2D eigenvalue weighted by Gasteiger charge is 2.35. The van der Waals surface area contributed by atoms with Gasteiger partial charge in [-0.2, -0.15) is 0 Å². The number of morpholine rings is 1. The lowest BCUT2D eigenvalue weighted by molar-refractivity contribution is -0.121. The van der Waals surface area contributed by atoms with Crippen molar-refractivity contribution in [3.05, 3.63) is 58.6 Å². The van der Waals surface area contributed by atoms with Gasteiger partial charge in [-0.1, -0.05) is 11.8 Å². The molecular formula is C24H28N4O5S. The summed E-state index contributed by atoms with van der Waals surface area (Å²) in [6, 6.07) is 7.11. The van der Waals surface area contributed by atoms with Gasteiger partial charge in [0.1, 0.15) is 0 Å². The van der Waals surface area contributed by atoms with Gasteiger partial charge in [-0.25, -0.2) is 0 Å². The summed E-state index contributed by atoms with van der Waals surface area (Å²) in [6.45, 7) is 4.99. The molecule has 5 heterocycles. The number of nitrogens with zero attached hydrogens (tertiary/aromatic N) is 2. The maximum atomic E-state index is 13.3. The van der Waals surface area contributed by atoms with E-state index in [0.29, 0.717) is 67.7 Å². The van der Waals surface area contributed by atoms with Crippen LogP contribution in [-0.2, 0) is 20.8 Å². The number of nitrogens with one attached hydrogen (secondary N) is 2. The van der Waals surface area contributed by atoms with Crippen molar-refractivity contribution in [2.45, 2.75) is 24.9 Å². The molecule has 2 aromatic rings. The van der Waals surface area contributed by atoms with Gasteiger partial charge < -0.3 is 24.5 Å². The summed E-state index contributed by atoms with van der Waals surface area (Å²) in [4.78, 5) is 33.6. The Kier molecular flexibility index (Phi) is 7.29. The van der Waals surface area contributed by atoms with Gasteiger partial charge >= 0.3 is 0 Å². The fourth-order valence-corrected chi connectivity index (χ4v) is 5.43. The minimum absolute atomic E-state index is 0.0701. The number of ketones is 1. The highest BCUT2D eigenvalue weighted by atomic mass is 32.2. The SMILES string of the molecule is O=C(NC1NC(c2ccco2)=C(C(=O)C2CCOCC2)S1)c1ccnc(CN2CCOCC2)c1. The fourth-order valence-electron chi connectivity index (χ4n) is 4.30. The molecule has 3 aliphatic heterocycles. The van der Waals surface area contributed by atoms with Gasteiger partial charge in [0.15, 0.2) is 17.0 Å². The number of hydrogen-bond donors (Lipinski definition) is 2. The Hall–Kier alpha value is -2.66. The Bertz CT molecular complexity index is 1050. The summed E-state index contributed by atoms with van der Waals surface area (Å²) >= 11 is 1.32. The normalized spacial score (nSPS) is 21.9. The maximum absolute atomic E-state index is 13.3. The van der Waals surface area contributed by atoms with Crippen molar-refractivity contribution in [3.8, 4) is 0 Å². The van der Waals surface area contributed by atoms with E-state index >= 15 is 0 Å². The lowest BCUT2D eigenvalue weighted by Crippen LogP contribution is -2.39. The van der Waals surface area contributed by atoms with Gasteiger partial charge in [0, 0.05) is 50.5 Å². The van der Waals surface area contributed by atoms with E-state index in [1.165, 1.54) is 11.8 Å². The molecule has 0 bridgehead atoms. The van der Waals surface area contributed by atoms with Crippen molar-refractivity contribution < 1.29 is 23.5 Å². The van der Waals surface area contributed by atoms with Crippen molar-refractivity contribution in [2.24, 2.45) is 5.92 Å². The predicted molar refractivity (Wildman–Crippen MR) is 126 cm³/mol. The molecule has 1 unspecified atom stereocenters. The topological polar surface area (TPSA) is 106 Å². The molecule has 1 atom stereocenters. The summed E-state index contributed by atoms with van der Waals surface area (Å²) in [5, 5.41) is 6.27. The number of hydrogen-bond acceptors (Lipinski definition) is 9. The zero-order chi connectivity index (χ0) is 23.3. The molecule has 0 radical (unpaired) electrons. The molecule has 3 aliphatic rings. The summed E-state index contributed by atoms with van der Waals surface area (Å²) in [5.41, 5.74) is 1.51. The first-order valence-corrected chi connectivity index (χ1v) is 12.4. The minimum atomic E-state index is -0.484. The smallest absolute Gasteiger partial charge is 0.253 e. The molecule has 0 aromatic carbocycles. The van der Waals surface area contributed by atoms with Crippen LogP contribution in [0.5, 0.6) is 0 Å². The molecule has 2 N–H and O–H groups in total. The molecule has 0 spiro atoms. The van der Waals surface area contributed by atoms with Crippen LogP contribution < -0.4 is 10.6 Å². The predicted octanol–water partition coefficient (Wildman–Crippen LogP) is 2.22. The van der Waals surface area contributed by atoms with Gasteiger partial charge in [-0.15, -0.1) is 0 Å². The van der Waals surface area contributed by atoms with Crippen molar-refractivity contribution >= 4 is 29.1 Å². The van der Waals surface area contributed by atoms with Crippen molar-refractivity contribution in [3.63, 3.8) is 0 Å². The Morgan fingerprint density at radius 3 is 2.71 bits per heavy atom. The number of carbonyl (C=O) groups is 2. The second-order valence-corrected chi connectivity index (χ2v) is 9.59. The van der Waals surface area contributed by atoms with Crippen LogP contribution >= 0.6 is 11.8 Å². The van der Waals surface area contributed by atoms with Crippen LogP contribution in [0.25, 0.3) is 5.70 Å². The van der Waals surface area contributed by atoms with E-state index in [-0.39, 0.29) is 17.6 Å². The van der Waals surface area contributed by atoms with E-state index in [2.05, 4.69) is 20.5 Å². The number of pyridine rings is 1. The first kappa shape index (κ1) is 23.1. The van der Waals surface area contributed by atoms with E-state index in [4.69, 9.17) is 13.9 Å². The van der Waals surface area contributed by atoms with E-state index < -0.39 is 5.50 Å². The number of Topliss-reactive ketones (excluding diaryl/α,β-unsaturated/α-hetero) is 1. The van der Waals surface area contributed by atoms with Gasteiger partial charge in [-0.05, 0) is 37.1 Å². The van der Waals surface area contributed by atoms with E-state index in [0.717, 1.165) is 18.8 Å². The van der Waals surface area contributed by atoms with Crippen LogP contribution in [0, 0.1) is 5.92 Å². The van der Waals surface area contributed by atoms with E-state index in [9.17, 15) is 9.59 Å². The quantitative estimate of drug-likeness (QED) is 0.612. The zero-order valence-electron chi connectivity index (χ0n) is 18.8. The number of aromatic nitrogens is 1. The number of ether oxygens (including phenoxy) is 2. The van der Waals surface area contributed by atoms with Crippen LogP contribution in [0.2, 0.25) is 0 Å². The molecule has 2 aromatic heterocycles. The average Bonchev–Trinajstić information content (AvgIpc) is 3.55. The minimum Gasteiger partial charge on any atom is -0.463 e. The standard InChI is InChI=1S/C24H28N4O5S/c29-21(16-4-10-31-11-5-16)22-20(19-2-1-9-33-19)26-24(34-22)27-23(30)17-3-6-25-18(14-17)15-28-7-12-32-13-8-28/h1-3,6,9,14,16,24,26H,4-5,7-8,10-13,15H2,(H,27,30). The molecule has 1 amide bonds. The van der Waals surface area contributed by atoms with Gasteiger partial charge in [0.25, 0.3) is 5.91 Å². The lowest BCUT2D eigenvalue weighted by atomic mass is 9.94. The lowest BCUT2D eigenvalue weighted by Gasteiger charge is -2.26. The number of thioether (sulfide) groups is 1. The molecule has 9 nitrogen and oxygen atoms in total. The summed E-state index contributed by atoms with van der Waals surface area (Å²) in [7, 11) is 0. The molecule has 180 valence electrons. The average molecular weight is 485 g/mol. The Balaban J connectivity index is 1.26. The van der Waals surface area contributed by atoms with Gasteiger partial charge in [0.05, 0.1) is 35.8 Å². The van der Waals surface area contributed by atoms with Gasteiger partial charge in [-0.3, -0.25) is 19.5 Å². The first-order valence-electron chi connectivity index (χ1n) is 11.6. The Morgan fingerprint density at radius 2 is 1.94 bits per heavy atom. The van der Waals surface area contributed by atoms with Crippen LogP contribution in [-0.4, -0.2) is 66.6 Å². The van der Waals surface area contributed by atoms with Crippen LogP contribution in [0.3, 0.4) is 0 Å². The monoisotopic (exact) mass is 484 g/mol. The van der Waals surface area contributed by atoms with Crippen molar-refractivity contribution in [1.29, 1.82) is 0 Å². The number of amides is 1. The highest BCUT2D eigenvalue weighted by Crippen LogP contribution is 2.38. The summed E-state index contributed by atoms with van der Waals surface area (Å²) in [6.07, 6.45) is 4.64. The van der Waals surface area contributed by atoms with Crippen LogP contribution in [0.15, 0.2) is 46.0 Å². The Morgan fingerprint density at radius 1 is 1.15 bits per heavy atom. The third-order valence-electron chi connectivity index (χ3n) is 6.15. The maximum Gasteiger partial charge on any atom is 0.253 e. The highest BCUT2D eigenvalue weighted by molar-refractivity contribution is 8.05. The van der Waals surface area contributed by atoms with Gasteiger partial charge in [0.2, 0.25) is 0 Å². The number of carbonyl (C=O) groups excluding carboxylic acids is 2. The first-order chi connectivity index (χ1) is 16.7. The molecule has 2 saturated heterocycles. The number of furan rings is 1.